The number of hydrogen-bond donors (Lipinski definition) is 3. The summed E-state index contributed by atoms with van der Waals surface area (Å²) < 4.78 is 7.18. The Morgan fingerprint density at radius 2 is 2.33 bits per heavy atom. The van der Waals surface area contributed by atoms with Crippen LogP contribution in [0, 0.1) is 0 Å². The Labute approximate surface area is 137 Å². The van der Waals surface area contributed by atoms with Crippen LogP contribution in [0.25, 0.3) is 11.2 Å². The molecule has 3 atom stereocenters. The minimum absolute atomic E-state index is 0.165. The molecular weight excluding hydrogens is 316 g/mol. The third kappa shape index (κ3) is 2.90. The Bertz CT molecular complexity index is 826. The summed E-state index contributed by atoms with van der Waals surface area (Å²) in [4.78, 5) is 29.2. The molecular formula is C14H20N6O4. The molecule has 0 amide bonds. The molecule has 1 aliphatic rings. The van der Waals surface area contributed by atoms with E-state index in [2.05, 4.69) is 19.9 Å². The highest BCUT2D eigenvalue weighted by Gasteiger charge is 2.35. The summed E-state index contributed by atoms with van der Waals surface area (Å²) in [7, 11) is 3.67. The van der Waals surface area contributed by atoms with E-state index in [0.717, 1.165) is 0 Å². The van der Waals surface area contributed by atoms with Gasteiger partial charge in [0.2, 0.25) is 5.95 Å². The minimum atomic E-state index is -0.784. The second-order valence-corrected chi connectivity index (χ2v) is 5.88. The number of aromatic amines is 1. The number of aliphatic hydroxyl groups excluding tert-OH is 2. The molecule has 0 radical (unpaired) electrons. The van der Waals surface area contributed by atoms with E-state index in [-0.39, 0.29) is 24.5 Å². The first kappa shape index (κ1) is 16.6. The highest BCUT2D eigenvalue weighted by Crippen LogP contribution is 2.30. The number of aliphatic hydroxyl groups is 2. The van der Waals surface area contributed by atoms with Crippen LogP contribution in [0.5, 0.6) is 0 Å². The van der Waals surface area contributed by atoms with Crippen LogP contribution in [-0.2, 0) is 4.74 Å². The van der Waals surface area contributed by atoms with Crippen LogP contribution in [0.15, 0.2) is 16.1 Å². The number of ether oxygens (including phenoxy) is 1. The fourth-order valence-electron chi connectivity index (χ4n) is 2.48. The van der Waals surface area contributed by atoms with Crippen molar-refractivity contribution in [3.05, 3.63) is 16.7 Å². The maximum atomic E-state index is 12.2. The summed E-state index contributed by atoms with van der Waals surface area (Å²) in [5, 5.41) is 19.1. The van der Waals surface area contributed by atoms with E-state index in [1.807, 2.05) is 14.1 Å². The SMILES string of the molecule is CC(=Nc1nc2c(ncn2[C@H]2CC(O)[C@@H](CO)O2)c(=O)[nH]1)N(C)C. The standard InChI is InChI=1S/C14H20N6O4/c1-7(19(2)3)16-14-17-12-11(13(23)18-14)15-6-20(12)10-4-8(22)9(5-21)24-10/h6,8-10,21-22H,4-5H2,1-3H3,(H,17,18,23)/t8?,9-,10-/m1/s1. The first-order valence-corrected chi connectivity index (χ1v) is 7.54. The molecule has 10 heteroatoms. The molecule has 3 heterocycles. The predicted molar refractivity (Wildman–Crippen MR) is 86.2 cm³/mol. The zero-order valence-corrected chi connectivity index (χ0v) is 13.7. The smallest absolute Gasteiger partial charge is 0.280 e. The Balaban J connectivity index is 2.03. The largest absolute Gasteiger partial charge is 0.394 e. The molecule has 24 heavy (non-hydrogen) atoms. The van der Waals surface area contributed by atoms with E-state index in [1.165, 1.54) is 6.33 Å². The number of hydrogen-bond acceptors (Lipinski definition) is 7. The summed E-state index contributed by atoms with van der Waals surface area (Å²) in [5.74, 6) is 0.842. The third-order valence-corrected chi connectivity index (χ3v) is 4.03. The van der Waals surface area contributed by atoms with Crippen molar-refractivity contribution in [1.82, 2.24) is 24.4 Å². The highest BCUT2D eigenvalue weighted by molar-refractivity contribution is 5.81. The quantitative estimate of drug-likeness (QED) is 0.503. The third-order valence-electron chi connectivity index (χ3n) is 4.03. The number of aliphatic imine (C=N–C) groups is 1. The average molecular weight is 336 g/mol. The monoisotopic (exact) mass is 336 g/mol. The molecule has 0 spiro atoms. The van der Waals surface area contributed by atoms with Crippen molar-refractivity contribution < 1.29 is 14.9 Å². The van der Waals surface area contributed by atoms with Crippen LogP contribution in [0.1, 0.15) is 19.6 Å². The first-order valence-electron chi connectivity index (χ1n) is 7.54. The normalized spacial score (nSPS) is 24.7. The summed E-state index contributed by atoms with van der Waals surface area (Å²) in [6.45, 7) is 1.51. The lowest BCUT2D eigenvalue weighted by molar-refractivity contribution is -0.0432. The van der Waals surface area contributed by atoms with E-state index in [1.54, 1.807) is 16.4 Å². The van der Waals surface area contributed by atoms with Crippen LogP contribution < -0.4 is 5.56 Å². The Kier molecular flexibility index (Phi) is 4.35. The van der Waals surface area contributed by atoms with Gasteiger partial charge in [-0.2, -0.15) is 4.98 Å². The molecule has 3 rings (SSSR count). The highest BCUT2D eigenvalue weighted by atomic mass is 16.5. The number of aromatic nitrogens is 4. The fraction of sp³-hybridized carbons (Fsp3) is 0.571. The zero-order valence-electron chi connectivity index (χ0n) is 13.7. The van der Waals surface area contributed by atoms with Gasteiger partial charge < -0.3 is 19.8 Å². The maximum Gasteiger partial charge on any atom is 0.280 e. The number of rotatable bonds is 3. The number of nitrogens with one attached hydrogen (secondary N) is 1. The lowest BCUT2D eigenvalue weighted by Crippen LogP contribution is -2.24. The van der Waals surface area contributed by atoms with Gasteiger partial charge in [-0.05, 0) is 6.92 Å². The number of H-pyrrole nitrogens is 1. The Morgan fingerprint density at radius 3 is 2.96 bits per heavy atom. The van der Waals surface area contributed by atoms with Crippen molar-refractivity contribution >= 4 is 22.9 Å². The second-order valence-electron chi connectivity index (χ2n) is 5.88. The lowest BCUT2D eigenvalue weighted by Gasteiger charge is -2.14. The summed E-state index contributed by atoms with van der Waals surface area (Å²) in [6.07, 6.45) is -0.282. The van der Waals surface area contributed by atoms with Gasteiger partial charge in [-0.25, -0.2) is 9.98 Å². The molecule has 2 aromatic heterocycles. The van der Waals surface area contributed by atoms with Gasteiger partial charge in [0, 0.05) is 20.5 Å². The Hall–Kier alpha value is -2.30. The molecule has 1 aliphatic heterocycles. The van der Waals surface area contributed by atoms with Crippen molar-refractivity contribution in [3.63, 3.8) is 0 Å². The molecule has 1 fully saturated rings. The average Bonchev–Trinajstić information content (AvgIpc) is 3.10. The van der Waals surface area contributed by atoms with E-state index in [4.69, 9.17) is 4.74 Å². The van der Waals surface area contributed by atoms with Gasteiger partial charge in [0.25, 0.3) is 5.56 Å². The summed E-state index contributed by atoms with van der Waals surface area (Å²) >= 11 is 0. The van der Waals surface area contributed by atoms with Crippen molar-refractivity contribution in [2.45, 2.75) is 31.8 Å². The molecule has 0 bridgehead atoms. The van der Waals surface area contributed by atoms with Gasteiger partial charge in [0.05, 0.1) is 19.0 Å². The maximum absolute atomic E-state index is 12.2. The van der Waals surface area contributed by atoms with Crippen molar-refractivity contribution in [2.75, 3.05) is 20.7 Å². The molecule has 10 nitrogen and oxygen atoms in total. The lowest BCUT2D eigenvalue weighted by atomic mass is 10.2. The van der Waals surface area contributed by atoms with Gasteiger partial charge in [0.15, 0.2) is 11.2 Å². The van der Waals surface area contributed by atoms with Gasteiger partial charge in [0.1, 0.15) is 18.2 Å². The molecule has 2 aromatic rings. The first-order chi connectivity index (χ1) is 11.4. The van der Waals surface area contributed by atoms with E-state index >= 15 is 0 Å². The van der Waals surface area contributed by atoms with Gasteiger partial charge in [-0.15, -0.1) is 0 Å². The molecule has 0 aromatic carbocycles. The van der Waals surface area contributed by atoms with E-state index in [0.29, 0.717) is 11.5 Å². The number of amidine groups is 1. The number of imidazole rings is 1. The Morgan fingerprint density at radius 1 is 1.58 bits per heavy atom. The molecule has 1 saturated heterocycles. The van der Waals surface area contributed by atoms with Gasteiger partial charge >= 0.3 is 0 Å². The van der Waals surface area contributed by atoms with Crippen LogP contribution in [-0.4, -0.2) is 73.4 Å². The molecule has 0 saturated carbocycles. The topological polar surface area (TPSA) is 129 Å². The van der Waals surface area contributed by atoms with E-state index in [9.17, 15) is 15.0 Å². The van der Waals surface area contributed by atoms with Crippen molar-refractivity contribution in [1.29, 1.82) is 0 Å². The van der Waals surface area contributed by atoms with Crippen molar-refractivity contribution in [3.8, 4) is 0 Å². The van der Waals surface area contributed by atoms with Crippen LogP contribution in [0.4, 0.5) is 5.95 Å². The summed E-state index contributed by atoms with van der Waals surface area (Å²) in [6, 6.07) is 0. The molecule has 130 valence electrons. The molecule has 0 aliphatic carbocycles. The van der Waals surface area contributed by atoms with Gasteiger partial charge in [-0.3, -0.25) is 14.3 Å². The van der Waals surface area contributed by atoms with Crippen LogP contribution in [0.2, 0.25) is 0 Å². The fourth-order valence-corrected chi connectivity index (χ4v) is 2.48. The molecule has 1 unspecified atom stereocenters. The summed E-state index contributed by atoms with van der Waals surface area (Å²) in [5.41, 5.74) is 0.0863. The number of nitrogens with zero attached hydrogens (tertiary/aromatic N) is 5. The second kappa shape index (κ2) is 6.30. The minimum Gasteiger partial charge on any atom is -0.394 e. The van der Waals surface area contributed by atoms with E-state index < -0.39 is 24.0 Å². The van der Waals surface area contributed by atoms with Crippen LogP contribution >= 0.6 is 0 Å². The zero-order chi connectivity index (χ0) is 17.4. The molecule has 3 N–H and O–H groups in total. The van der Waals surface area contributed by atoms with Crippen LogP contribution in [0.3, 0.4) is 0 Å². The van der Waals surface area contributed by atoms with Crippen molar-refractivity contribution in [2.24, 2.45) is 4.99 Å². The predicted octanol–water partition coefficient (Wildman–Crippen LogP) is -0.628. The van der Waals surface area contributed by atoms with Gasteiger partial charge in [-0.1, -0.05) is 0 Å². The number of fused-ring (bicyclic) bond motifs is 1.